The van der Waals surface area contributed by atoms with Gasteiger partial charge in [-0.25, -0.2) is 4.79 Å². The Kier molecular flexibility index (Phi) is 6.39. The normalized spacial score (nSPS) is 16.5. The molecule has 18 heavy (non-hydrogen) atoms. The first-order valence-corrected chi connectivity index (χ1v) is 7.27. The summed E-state index contributed by atoms with van der Waals surface area (Å²) in [5, 5.41) is 0. The predicted molar refractivity (Wildman–Crippen MR) is 78.7 cm³/mol. The van der Waals surface area contributed by atoms with Crippen molar-refractivity contribution in [3.63, 3.8) is 0 Å². The molecule has 0 atom stereocenters. The molecule has 0 unspecified atom stereocenters. The molecule has 1 aliphatic heterocycles. The van der Waals surface area contributed by atoms with Gasteiger partial charge in [-0.3, -0.25) is 0 Å². The fourth-order valence-electron chi connectivity index (χ4n) is 2.25. The molecule has 0 aliphatic carbocycles. The van der Waals surface area contributed by atoms with Gasteiger partial charge in [0.1, 0.15) is 0 Å². The lowest BCUT2D eigenvalue weighted by Gasteiger charge is -2.32. The van der Waals surface area contributed by atoms with Gasteiger partial charge in [0.25, 0.3) is 0 Å². The maximum absolute atomic E-state index is 12.5. The van der Waals surface area contributed by atoms with Crippen molar-refractivity contribution in [2.45, 2.75) is 52.0 Å². The van der Waals surface area contributed by atoms with Crippen molar-refractivity contribution >= 4 is 23.2 Å². The van der Waals surface area contributed by atoms with Gasteiger partial charge in [-0.05, 0) is 26.7 Å². The van der Waals surface area contributed by atoms with Crippen LogP contribution < -0.4 is 5.73 Å². The Bertz CT molecular complexity index is 286. The molecule has 0 saturated carbocycles. The van der Waals surface area contributed by atoms with E-state index in [1.54, 1.807) is 0 Å². The highest BCUT2D eigenvalue weighted by Gasteiger charge is 2.23. The van der Waals surface area contributed by atoms with E-state index in [-0.39, 0.29) is 12.1 Å². The second kappa shape index (κ2) is 7.56. The van der Waals surface area contributed by atoms with Crippen molar-refractivity contribution in [3.05, 3.63) is 0 Å². The largest absolute Gasteiger partial charge is 0.393 e. The molecule has 0 bridgehead atoms. The molecule has 0 aromatic carbocycles. The molecule has 1 fully saturated rings. The first-order chi connectivity index (χ1) is 8.52. The van der Waals surface area contributed by atoms with Crippen LogP contribution in [0.25, 0.3) is 0 Å². The van der Waals surface area contributed by atoms with E-state index in [9.17, 15) is 4.79 Å². The highest BCUT2D eigenvalue weighted by molar-refractivity contribution is 7.80. The summed E-state index contributed by atoms with van der Waals surface area (Å²) in [4.78, 5) is 16.8. The Morgan fingerprint density at radius 3 is 2.28 bits per heavy atom. The first kappa shape index (κ1) is 15.2. The number of likely N-dealkylation sites (tertiary alicyclic amines) is 1. The lowest BCUT2D eigenvalue weighted by atomic mass is 10.2. The highest BCUT2D eigenvalue weighted by atomic mass is 32.1. The average Bonchev–Trinajstić information content (AvgIpc) is 2.56. The van der Waals surface area contributed by atoms with Crippen molar-refractivity contribution < 1.29 is 4.79 Å². The first-order valence-electron chi connectivity index (χ1n) is 6.86. The highest BCUT2D eigenvalue weighted by Crippen LogP contribution is 2.13. The number of thiocarbonyl (C=S) groups is 1. The van der Waals surface area contributed by atoms with E-state index in [1.807, 2.05) is 23.6 Å². The van der Waals surface area contributed by atoms with Crippen LogP contribution in [0.3, 0.4) is 0 Å². The Labute approximate surface area is 115 Å². The molecule has 1 heterocycles. The van der Waals surface area contributed by atoms with E-state index in [0.29, 0.717) is 18.0 Å². The Morgan fingerprint density at radius 2 is 1.83 bits per heavy atom. The molecule has 0 aromatic rings. The summed E-state index contributed by atoms with van der Waals surface area (Å²) < 4.78 is 0. The standard InChI is InChI=1S/C13H25N3OS/c1-11(2)16(10-7-12(14)18)13(17)15-8-5-3-4-6-9-15/h11H,3-10H2,1-2H3,(H2,14,18). The van der Waals surface area contributed by atoms with Gasteiger partial charge < -0.3 is 15.5 Å². The lowest BCUT2D eigenvalue weighted by Crippen LogP contribution is -2.47. The van der Waals surface area contributed by atoms with Gasteiger partial charge in [-0.1, -0.05) is 25.1 Å². The van der Waals surface area contributed by atoms with Gasteiger partial charge >= 0.3 is 6.03 Å². The molecule has 1 rings (SSSR count). The van der Waals surface area contributed by atoms with Crippen molar-refractivity contribution in [2.24, 2.45) is 5.73 Å². The third-order valence-electron chi connectivity index (χ3n) is 3.34. The number of amides is 2. The SMILES string of the molecule is CC(C)N(CCC(N)=S)C(=O)N1CCCCCC1. The molecule has 2 amide bonds. The Morgan fingerprint density at radius 1 is 1.28 bits per heavy atom. The van der Waals surface area contributed by atoms with Crippen LogP contribution in [-0.2, 0) is 0 Å². The zero-order chi connectivity index (χ0) is 13.5. The molecule has 1 aliphatic rings. The molecule has 0 radical (unpaired) electrons. The Hall–Kier alpha value is -0.840. The van der Waals surface area contributed by atoms with Crippen LogP contribution in [0, 0.1) is 0 Å². The van der Waals surface area contributed by atoms with Crippen LogP contribution in [-0.4, -0.2) is 46.5 Å². The maximum atomic E-state index is 12.5. The third kappa shape index (κ3) is 4.80. The topological polar surface area (TPSA) is 49.6 Å². The summed E-state index contributed by atoms with van der Waals surface area (Å²) >= 11 is 4.89. The monoisotopic (exact) mass is 271 g/mol. The van der Waals surface area contributed by atoms with E-state index in [0.717, 1.165) is 25.9 Å². The fourth-order valence-corrected chi connectivity index (χ4v) is 2.34. The van der Waals surface area contributed by atoms with E-state index in [2.05, 4.69) is 0 Å². The molecular weight excluding hydrogens is 246 g/mol. The molecule has 5 heteroatoms. The minimum Gasteiger partial charge on any atom is -0.393 e. The number of urea groups is 1. The van der Waals surface area contributed by atoms with Crippen molar-refractivity contribution in [2.75, 3.05) is 19.6 Å². The zero-order valence-corrected chi connectivity index (χ0v) is 12.3. The fraction of sp³-hybridized carbons (Fsp3) is 0.846. The number of hydrogen-bond donors (Lipinski definition) is 1. The molecule has 4 nitrogen and oxygen atoms in total. The summed E-state index contributed by atoms with van der Waals surface area (Å²) in [6.07, 6.45) is 5.31. The van der Waals surface area contributed by atoms with Gasteiger partial charge in [0, 0.05) is 32.1 Å². The summed E-state index contributed by atoms with van der Waals surface area (Å²) in [5.74, 6) is 0. The van der Waals surface area contributed by atoms with Gasteiger partial charge in [0.05, 0.1) is 4.99 Å². The molecule has 0 aromatic heterocycles. The van der Waals surface area contributed by atoms with Crippen molar-refractivity contribution in [3.8, 4) is 0 Å². The molecule has 0 spiro atoms. The zero-order valence-electron chi connectivity index (χ0n) is 11.5. The smallest absolute Gasteiger partial charge is 0.320 e. The van der Waals surface area contributed by atoms with Crippen LogP contribution in [0.15, 0.2) is 0 Å². The van der Waals surface area contributed by atoms with Gasteiger partial charge in [-0.2, -0.15) is 0 Å². The molecule has 104 valence electrons. The van der Waals surface area contributed by atoms with E-state index < -0.39 is 0 Å². The van der Waals surface area contributed by atoms with Gasteiger partial charge in [-0.15, -0.1) is 0 Å². The Balaban J connectivity index is 2.59. The maximum Gasteiger partial charge on any atom is 0.320 e. The lowest BCUT2D eigenvalue weighted by molar-refractivity contribution is 0.143. The quantitative estimate of drug-likeness (QED) is 0.799. The third-order valence-corrected chi connectivity index (χ3v) is 3.55. The van der Waals surface area contributed by atoms with Gasteiger partial charge in [0.2, 0.25) is 0 Å². The summed E-state index contributed by atoms with van der Waals surface area (Å²) in [5.41, 5.74) is 5.52. The van der Waals surface area contributed by atoms with Crippen molar-refractivity contribution in [1.29, 1.82) is 0 Å². The number of hydrogen-bond acceptors (Lipinski definition) is 2. The van der Waals surface area contributed by atoms with Crippen molar-refractivity contribution in [1.82, 2.24) is 9.80 Å². The number of carbonyl (C=O) groups excluding carboxylic acids is 1. The van der Waals surface area contributed by atoms with E-state index >= 15 is 0 Å². The van der Waals surface area contributed by atoms with Crippen LogP contribution in [0.1, 0.15) is 46.0 Å². The molecule has 1 saturated heterocycles. The van der Waals surface area contributed by atoms with E-state index in [1.165, 1.54) is 12.8 Å². The average molecular weight is 271 g/mol. The summed E-state index contributed by atoms with van der Waals surface area (Å²) in [6.45, 7) is 6.47. The number of nitrogens with two attached hydrogens (primary N) is 1. The second-order valence-corrected chi connectivity index (χ2v) is 5.71. The van der Waals surface area contributed by atoms with E-state index in [4.69, 9.17) is 18.0 Å². The van der Waals surface area contributed by atoms with Crippen LogP contribution in [0.4, 0.5) is 4.79 Å². The minimum absolute atomic E-state index is 0.142. The number of nitrogens with zero attached hydrogens (tertiary/aromatic N) is 2. The van der Waals surface area contributed by atoms with Gasteiger partial charge in [0.15, 0.2) is 0 Å². The molecular formula is C13H25N3OS. The summed E-state index contributed by atoms with van der Waals surface area (Å²) in [7, 11) is 0. The molecule has 2 N–H and O–H groups in total. The van der Waals surface area contributed by atoms with Crippen LogP contribution in [0.2, 0.25) is 0 Å². The minimum atomic E-state index is 0.142. The second-order valence-electron chi connectivity index (χ2n) is 5.19. The number of rotatable bonds is 4. The van der Waals surface area contributed by atoms with Crippen LogP contribution >= 0.6 is 12.2 Å². The number of carbonyl (C=O) groups is 1. The van der Waals surface area contributed by atoms with Crippen LogP contribution in [0.5, 0.6) is 0 Å². The predicted octanol–water partition coefficient (Wildman–Crippen LogP) is 2.37. The summed E-state index contributed by atoms with van der Waals surface area (Å²) in [6, 6.07) is 0.332.